The highest BCUT2D eigenvalue weighted by Gasteiger charge is 2.31. The summed E-state index contributed by atoms with van der Waals surface area (Å²) in [6.45, 7) is 8.19. The van der Waals surface area contributed by atoms with Gasteiger partial charge in [-0.1, -0.05) is 0 Å². The van der Waals surface area contributed by atoms with E-state index in [1.54, 1.807) is 11.9 Å². The molecular weight excluding hydrogens is 228 g/mol. The Hall–Kier alpha value is -1.12. The molecule has 0 saturated carbocycles. The fourth-order valence-corrected chi connectivity index (χ4v) is 2.13. The fourth-order valence-electron chi connectivity index (χ4n) is 2.13. The number of hydrogen-bond acceptors (Lipinski definition) is 4. The third-order valence-electron chi connectivity index (χ3n) is 3.74. The largest absolute Gasteiger partial charge is 0.344 e. The predicted molar refractivity (Wildman–Crippen MR) is 71.0 cm³/mol. The third kappa shape index (κ3) is 3.97. The summed E-state index contributed by atoms with van der Waals surface area (Å²) in [5.41, 5.74) is 0.115. The van der Waals surface area contributed by atoms with Crippen molar-refractivity contribution in [1.29, 1.82) is 5.26 Å². The molecular formula is C13H24N4O. The molecule has 0 radical (unpaired) electrons. The van der Waals surface area contributed by atoms with Gasteiger partial charge in [0.2, 0.25) is 5.91 Å². The van der Waals surface area contributed by atoms with E-state index in [9.17, 15) is 4.79 Å². The number of nitrogens with zero attached hydrogens (tertiary/aromatic N) is 4. The number of likely N-dealkylation sites (N-methyl/N-ethyl adjacent to an activating group) is 2. The van der Waals surface area contributed by atoms with Gasteiger partial charge in [-0.25, -0.2) is 0 Å². The summed E-state index contributed by atoms with van der Waals surface area (Å²) < 4.78 is 0. The molecule has 18 heavy (non-hydrogen) atoms. The Kier molecular flexibility index (Phi) is 5.12. The van der Waals surface area contributed by atoms with Crippen molar-refractivity contribution in [3.8, 4) is 6.07 Å². The number of rotatable bonds is 4. The van der Waals surface area contributed by atoms with Crippen LogP contribution in [0.2, 0.25) is 0 Å². The average Bonchev–Trinajstić information content (AvgIpc) is 2.30. The van der Waals surface area contributed by atoms with Crippen LogP contribution < -0.4 is 0 Å². The second kappa shape index (κ2) is 6.17. The van der Waals surface area contributed by atoms with Crippen LogP contribution in [0, 0.1) is 11.3 Å². The first-order valence-electron chi connectivity index (χ1n) is 6.41. The highest BCUT2D eigenvalue weighted by atomic mass is 16.2. The van der Waals surface area contributed by atoms with Crippen molar-refractivity contribution in [3.63, 3.8) is 0 Å². The normalized spacial score (nSPS) is 20.4. The van der Waals surface area contributed by atoms with E-state index >= 15 is 0 Å². The standard InChI is InChI=1S/C13H24N4O/c1-13(2)11-17(9-8-16(13)4)10-12(18)15(3)7-5-6-14/h5,7-11H2,1-4H3. The van der Waals surface area contributed by atoms with E-state index in [4.69, 9.17) is 5.26 Å². The third-order valence-corrected chi connectivity index (χ3v) is 3.74. The lowest BCUT2D eigenvalue weighted by Crippen LogP contribution is -2.58. The summed E-state index contributed by atoms with van der Waals surface area (Å²) in [4.78, 5) is 18.1. The molecule has 1 aliphatic rings. The zero-order valence-corrected chi connectivity index (χ0v) is 11.9. The van der Waals surface area contributed by atoms with Crippen molar-refractivity contribution in [1.82, 2.24) is 14.7 Å². The molecule has 1 fully saturated rings. The molecule has 1 heterocycles. The smallest absolute Gasteiger partial charge is 0.236 e. The molecule has 0 spiro atoms. The maximum Gasteiger partial charge on any atom is 0.236 e. The van der Waals surface area contributed by atoms with Crippen molar-refractivity contribution < 1.29 is 4.79 Å². The molecule has 0 atom stereocenters. The van der Waals surface area contributed by atoms with Gasteiger partial charge in [0.25, 0.3) is 0 Å². The molecule has 1 aliphatic heterocycles. The van der Waals surface area contributed by atoms with E-state index in [2.05, 4.69) is 36.8 Å². The molecule has 0 aromatic heterocycles. The van der Waals surface area contributed by atoms with Crippen LogP contribution in [0.1, 0.15) is 20.3 Å². The number of hydrogen-bond donors (Lipinski definition) is 0. The highest BCUT2D eigenvalue weighted by Crippen LogP contribution is 2.18. The molecule has 0 bridgehead atoms. The minimum Gasteiger partial charge on any atom is -0.344 e. The molecule has 0 aromatic carbocycles. The number of carbonyl (C=O) groups is 1. The Balaban J connectivity index is 2.44. The zero-order chi connectivity index (χ0) is 13.8. The Morgan fingerprint density at radius 2 is 2.11 bits per heavy atom. The van der Waals surface area contributed by atoms with Gasteiger partial charge in [-0.05, 0) is 20.9 Å². The van der Waals surface area contributed by atoms with Crippen molar-refractivity contribution in [3.05, 3.63) is 0 Å². The Morgan fingerprint density at radius 3 is 2.67 bits per heavy atom. The van der Waals surface area contributed by atoms with Crippen LogP contribution in [0.15, 0.2) is 0 Å². The molecule has 0 aromatic rings. The average molecular weight is 252 g/mol. The van der Waals surface area contributed by atoms with Crippen molar-refractivity contribution in [2.24, 2.45) is 0 Å². The summed E-state index contributed by atoms with van der Waals surface area (Å²) in [5.74, 6) is 0.102. The summed E-state index contributed by atoms with van der Waals surface area (Å²) in [6.07, 6.45) is 0.399. The van der Waals surface area contributed by atoms with E-state index < -0.39 is 0 Å². The van der Waals surface area contributed by atoms with E-state index in [0.29, 0.717) is 19.5 Å². The molecule has 1 saturated heterocycles. The van der Waals surface area contributed by atoms with Gasteiger partial charge in [0.15, 0.2) is 0 Å². The minimum atomic E-state index is 0.102. The topological polar surface area (TPSA) is 50.6 Å². The van der Waals surface area contributed by atoms with Crippen LogP contribution in [0.4, 0.5) is 0 Å². The quantitative estimate of drug-likeness (QED) is 0.726. The minimum absolute atomic E-state index is 0.102. The van der Waals surface area contributed by atoms with Gasteiger partial charge in [-0.3, -0.25) is 14.6 Å². The number of piperazine rings is 1. The maximum atomic E-state index is 12.0. The monoisotopic (exact) mass is 252 g/mol. The lowest BCUT2D eigenvalue weighted by atomic mass is 10.00. The molecule has 5 heteroatoms. The van der Waals surface area contributed by atoms with Gasteiger partial charge >= 0.3 is 0 Å². The maximum absolute atomic E-state index is 12.0. The zero-order valence-electron chi connectivity index (χ0n) is 11.9. The summed E-state index contributed by atoms with van der Waals surface area (Å²) in [6, 6.07) is 2.06. The molecule has 1 rings (SSSR count). The first kappa shape index (κ1) is 14.9. The van der Waals surface area contributed by atoms with Crippen molar-refractivity contribution in [2.75, 3.05) is 46.8 Å². The highest BCUT2D eigenvalue weighted by molar-refractivity contribution is 5.78. The van der Waals surface area contributed by atoms with Gasteiger partial charge in [-0.15, -0.1) is 0 Å². The number of amides is 1. The van der Waals surface area contributed by atoms with E-state index in [1.165, 1.54) is 0 Å². The van der Waals surface area contributed by atoms with Crippen LogP contribution in [0.5, 0.6) is 0 Å². The Bertz CT molecular complexity index is 334. The van der Waals surface area contributed by atoms with Gasteiger partial charge in [0.1, 0.15) is 0 Å². The fraction of sp³-hybridized carbons (Fsp3) is 0.846. The Labute approximate surface area is 110 Å². The first-order chi connectivity index (χ1) is 8.36. The lowest BCUT2D eigenvalue weighted by molar-refractivity contribution is -0.132. The van der Waals surface area contributed by atoms with E-state index in [0.717, 1.165) is 19.6 Å². The second-order valence-corrected chi connectivity index (χ2v) is 5.67. The molecule has 102 valence electrons. The SMILES string of the molecule is CN(CCC#N)C(=O)CN1CCN(C)C(C)(C)C1. The summed E-state index contributed by atoms with van der Waals surface area (Å²) in [5, 5.41) is 8.51. The van der Waals surface area contributed by atoms with Crippen LogP contribution in [0.25, 0.3) is 0 Å². The summed E-state index contributed by atoms with van der Waals surface area (Å²) in [7, 11) is 3.89. The van der Waals surface area contributed by atoms with Crippen LogP contribution in [-0.4, -0.2) is 73.0 Å². The van der Waals surface area contributed by atoms with Crippen LogP contribution >= 0.6 is 0 Å². The molecule has 0 aliphatic carbocycles. The van der Waals surface area contributed by atoms with E-state index in [1.807, 2.05) is 0 Å². The molecule has 0 unspecified atom stereocenters. The summed E-state index contributed by atoms with van der Waals surface area (Å²) >= 11 is 0. The molecule has 1 amide bonds. The van der Waals surface area contributed by atoms with Crippen molar-refractivity contribution in [2.45, 2.75) is 25.8 Å². The van der Waals surface area contributed by atoms with E-state index in [-0.39, 0.29) is 11.4 Å². The van der Waals surface area contributed by atoms with Crippen LogP contribution in [0.3, 0.4) is 0 Å². The van der Waals surface area contributed by atoms with Crippen LogP contribution in [-0.2, 0) is 4.79 Å². The van der Waals surface area contributed by atoms with Gasteiger partial charge in [0, 0.05) is 38.8 Å². The molecule has 5 nitrogen and oxygen atoms in total. The second-order valence-electron chi connectivity index (χ2n) is 5.67. The van der Waals surface area contributed by atoms with Gasteiger partial charge in [0.05, 0.1) is 19.0 Å². The van der Waals surface area contributed by atoms with Crippen molar-refractivity contribution >= 4 is 5.91 Å². The lowest BCUT2D eigenvalue weighted by Gasteiger charge is -2.45. The molecule has 0 N–H and O–H groups in total. The predicted octanol–water partition coefficient (Wildman–Crippen LogP) is 0.384. The van der Waals surface area contributed by atoms with Gasteiger partial charge < -0.3 is 4.90 Å². The number of carbonyl (C=O) groups excluding carboxylic acids is 1. The first-order valence-corrected chi connectivity index (χ1v) is 6.41. The number of nitriles is 1. The Morgan fingerprint density at radius 1 is 1.44 bits per heavy atom. The van der Waals surface area contributed by atoms with Gasteiger partial charge in [-0.2, -0.15) is 5.26 Å².